The predicted octanol–water partition coefficient (Wildman–Crippen LogP) is 7.59. The van der Waals surface area contributed by atoms with Crippen LogP contribution in [-0.2, 0) is 25.6 Å². The van der Waals surface area contributed by atoms with E-state index < -0.39 is 36.3 Å². The molecular weight excluding hydrogens is 674 g/mol. The van der Waals surface area contributed by atoms with Gasteiger partial charge in [0.05, 0.1) is 17.8 Å². The number of hydrogen-bond acceptors (Lipinski definition) is 6. The van der Waals surface area contributed by atoms with Crippen LogP contribution >= 0.6 is 0 Å². The van der Waals surface area contributed by atoms with Gasteiger partial charge in [-0.2, -0.15) is 0 Å². The Morgan fingerprint density at radius 3 is 2.08 bits per heavy atom. The third-order valence-corrected chi connectivity index (χ3v) is 10.3. The first-order valence-corrected chi connectivity index (χ1v) is 17.9. The van der Waals surface area contributed by atoms with Gasteiger partial charge in [0.15, 0.2) is 0 Å². The quantitative estimate of drug-likeness (QED) is 0.0915. The summed E-state index contributed by atoms with van der Waals surface area (Å²) in [4.78, 5) is 65.1. The summed E-state index contributed by atoms with van der Waals surface area (Å²) in [5.74, 6) is -4.47. The second kappa shape index (κ2) is 16.3. The lowest BCUT2D eigenvalue weighted by Gasteiger charge is -2.19. The largest absolute Gasteiger partial charge is 0.481 e. The van der Waals surface area contributed by atoms with Crippen molar-refractivity contribution in [2.24, 2.45) is 0 Å². The van der Waals surface area contributed by atoms with E-state index in [1.807, 2.05) is 45.0 Å². The van der Waals surface area contributed by atoms with Gasteiger partial charge in [-0.3, -0.25) is 19.4 Å². The number of aryl methyl sites for hydroxylation is 3. The second-order valence-electron chi connectivity index (χ2n) is 13.8. The number of H-pyrrole nitrogens is 2. The van der Waals surface area contributed by atoms with Gasteiger partial charge in [0.1, 0.15) is 6.04 Å². The number of aliphatic carboxylic acids is 3. The van der Waals surface area contributed by atoms with Gasteiger partial charge in [-0.1, -0.05) is 45.1 Å². The Bertz CT molecular complexity index is 2190. The molecule has 53 heavy (non-hydrogen) atoms. The van der Waals surface area contributed by atoms with Crippen molar-refractivity contribution in [3.05, 3.63) is 88.5 Å². The van der Waals surface area contributed by atoms with Crippen LogP contribution in [0.1, 0.15) is 116 Å². The van der Waals surface area contributed by atoms with Crippen LogP contribution in [0.4, 0.5) is 0 Å². The Kier molecular flexibility index (Phi) is 11.8. The van der Waals surface area contributed by atoms with E-state index in [0.29, 0.717) is 17.6 Å². The Labute approximate surface area is 307 Å². The average molecular weight is 722 g/mol. The SMILES string of the molecule is C=CC1=C(C)c2cc3[nH]c(cc4nc(cc5[nH]c(cc1n2)c(C)c5CCC(=O)N[C@@H](CC(=O)O)C(=O)O)C(CCC(=O)O)C4CCCC)c(C)c3C=C. The molecule has 12 heteroatoms. The van der Waals surface area contributed by atoms with Crippen LogP contribution in [0.5, 0.6) is 0 Å². The maximum absolute atomic E-state index is 13.0. The highest BCUT2D eigenvalue weighted by Crippen LogP contribution is 2.44. The van der Waals surface area contributed by atoms with Gasteiger partial charge in [-0.15, -0.1) is 0 Å². The number of fused-ring (bicyclic) bond motifs is 8. The number of nitrogens with one attached hydrogen (secondary N) is 3. The molecule has 278 valence electrons. The summed E-state index contributed by atoms with van der Waals surface area (Å²) in [7, 11) is 0. The molecule has 3 atom stereocenters. The number of aromatic amines is 2. The van der Waals surface area contributed by atoms with E-state index in [2.05, 4.69) is 41.4 Å². The third-order valence-electron chi connectivity index (χ3n) is 10.3. The zero-order valence-electron chi connectivity index (χ0n) is 30.6. The molecule has 8 bridgehead atoms. The van der Waals surface area contributed by atoms with Gasteiger partial charge in [0.25, 0.3) is 0 Å². The Morgan fingerprint density at radius 2 is 1.45 bits per heavy atom. The van der Waals surface area contributed by atoms with Crippen LogP contribution in [0.15, 0.2) is 43.5 Å². The van der Waals surface area contributed by atoms with Crippen molar-refractivity contribution in [3.63, 3.8) is 0 Å². The minimum atomic E-state index is -1.56. The van der Waals surface area contributed by atoms with E-state index in [9.17, 15) is 29.4 Å². The fourth-order valence-corrected chi connectivity index (χ4v) is 7.41. The van der Waals surface area contributed by atoms with E-state index in [1.54, 1.807) is 6.08 Å². The standard InChI is InChI=1S/C41H47N5O7/c1-7-10-11-27-28(13-15-39(48)49)36-19-34-26(12-14-38(47)46-37(41(52)53)20-40(50)51)23(6)31(44-34)17-33-24(8-2)21(4)29(42-33)16-32-25(9-3)22(5)30(43-32)18-35(27)45-36/h8-9,16-19,27-28,37,43-44H,2-3,7,10-15,20H2,1,4-6H3,(H,46,47)(H,48,49)(H,50,51)(H,52,53)/t27?,28?,37-/m0/s1. The summed E-state index contributed by atoms with van der Waals surface area (Å²) >= 11 is 0. The fraction of sp³-hybridized carbons (Fsp3) is 0.366. The molecule has 1 amide bonds. The van der Waals surface area contributed by atoms with Gasteiger partial charge < -0.3 is 30.6 Å². The number of aromatic nitrogens is 4. The van der Waals surface area contributed by atoms with Crippen molar-refractivity contribution < 1.29 is 34.5 Å². The molecule has 0 radical (unpaired) electrons. The first-order chi connectivity index (χ1) is 25.3. The van der Waals surface area contributed by atoms with E-state index in [0.717, 1.165) is 86.3 Å². The molecule has 5 rings (SSSR count). The van der Waals surface area contributed by atoms with Crippen LogP contribution < -0.4 is 5.32 Å². The second-order valence-corrected chi connectivity index (χ2v) is 13.8. The number of allylic oxidation sites excluding steroid dienone is 3. The molecule has 5 heterocycles. The first-order valence-electron chi connectivity index (χ1n) is 17.9. The maximum atomic E-state index is 13.0. The van der Waals surface area contributed by atoms with Crippen LogP contribution in [0.2, 0.25) is 0 Å². The Morgan fingerprint density at radius 1 is 0.811 bits per heavy atom. The molecule has 0 aliphatic carbocycles. The number of carboxylic acid groups (broad SMARTS) is 3. The minimum absolute atomic E-state index is 0.0277. The highest BCUT2D eigenvalue weighted by atomic mass is 16.4. The van der Waals surface area contributed by atoms with Gasteiger partial charge >= 0.3 is 17.9 Å². The van der Waals surface area contributed by atoms with Crippen LogP contribution in [-0.4, -0.2) is 65.1 Å². The summed E-state index contributed by atoms with van der Waals surface area (Å²) in [6.07, 6.45) is 6.03. The van der Waals surface area contributed by atoms with Crippen molar-refractivity contribution in [3.8, 4) is 0 Å². The summed E-state index contributed by atoms with van der Waals surface area (Å²) < 4.78 is 0. The topological polar surface area (TPSA) is 198 Å². The molecule has 2 aliphatic heterocycles. The van der Waals surface area contributed by atoms with Crippen molar-refractivity contribution in [1.29, 1.82) is 0 Å². The van der Waals surface area contributed by atoms with Crippen molar-refractivity contribution >= 4 is 63.1 Å². The molecule has 0 spiro atoms. The lowest BCUT2D eigenvalue weighted by Crippen LogP contribution is -2.42. The zero-order chi connectivity index (χ0) is 38.6. The molecule has 12 nitrogen and oxygen atoms in total. The smallest absolute Gasteiger partial charge is 0.326 e. The van der Waals surface area contributed by atoms with Crippen LogP contribution in [0.25, 0.3) is 39.3 Å². The summed E-state index contributed by atoms with van der Waals surface area (Å²) in [5.41, 5.74) is 11.6. The number of amides is 1. The van der Waals surface area contributed by atoms with Crippen molar-refractivity contribution in [1.82, 2.24) is 25.3 Å². The molecule has 0 fully saturated rings. The van der Waals surface area contributed by atoms with Gasteiger partial charge in [0.2, 0.25) is 5.91 Å². The lowest BCUT2D eigenvalue weighted by molar-refractivity contribution is -0.147. The fourth-order valence-electron chi connectivity index (χ4n) is 7.41. The Balaban J connectivity index is 1.79. The number of hydrogen-bond donors (Lipinski definition) is 6. The highest BCUT2D eigenvalue weighted by molar-refractivity contribution is 5.97. The maximum Gasteiger partial charge on any atom is 0.326 e. The average Bonchev–Trinajstić information content (AvgIpc) is 3.77. The Hall–Kier alpha value is -5.78. The molecule has 0 saturated carbocycles. The molecule has 0 aromatic carbocycles. The van der Waals surface area contributed by atoms with Gasteiger partial charge in [0, 0.05) is 69.3 Å². The number of carbonyl (C=O) groups is 4. The van der Waals surface area contributed by atoms with Crippen LogP contribution in [0.3, 0.4) is 0 Å². The number of unbranched alkanes of at least 4 members (excludes halogenated alkanes) is 1. The minimum Gasteiger partial charge on any atom is -0.481 e. The molecule has 3 aromatic rings. The highest BCUT2D eigenvalue weighted by Gasteiger charge is 2.32. The molecular formula is C41H47N5O7. The number of carboxylic acids is 3. The monoisotopic (exact) mass is 721 g/mol. The first kappa shape index (κ1) is 38.5. The summed E-state index contributed by atoms with van der Waals surface area (Å²) in [6, 6.07) is 6.39. The number of carbonyl (C=O) groups excluding carboxylic acids is 1. The zero-order valence-corrected chi connectivity index (χ0v) is 30.6. The molecule has 2 unspecified atom stereocenters. The summed E-state index contributed by atoms with van der Waals surface area (Å²) in [5, 5.41) is 30.7. The van der Waals surface area contributed by atoms with E-state index in [4.69, 9.17) is 15.1 Å². The van der Waals surface area contributed by atoms with Crippen LogP contribution in [0, 0.1) is 13.8 Å². The molecule has 6 N–H and O–H groups in total. The number of nitrogens with zero attached hydrogens (tertiary/aromatic N) is 2. The van der Waals surface area contributed by atoms with E-state index in [-0.39, 0.29) is 31.1 Å². The predicted molar refractivity (Wildman–Crippen MR) is 205 cm³/mol. The number of rotatable bonds is 15. The molecule has 0 saturated heterocycles. The van der Waals surface area contributed by atoms with E-state index in [1.165, 1.54) is 0 Å². The molecule has 2 aliphatic rings. The van der Waals surface area contributed by atoms with Crippen molar-refractivity contribution in [2.75, 3.05) is 0 Å². The molecule has 3 aromatic heterocycles. The summed E-state index contributed by atoms with van der Waals surface area (Å²) in [6.45, 7) is 16.2. The van der Waals surface area contributed by atoms with Gasteiger partial charge in [-0.25, -0.2) is 9.78 Å². The third kappa shape index (κ3) is 8.32. The lowest BCUT2D eigenvalue weighted by atomic mass is 9.82. The normalized spacial score (nSPS) is 15.9. The van der Waals surface area contributed by atoms with Gasteiger partial charge in [-0.05, 0) is 86.6 Å². The van der Waals surface area contributed by atoms with E-state index >= 15 is 0 Å². The van der Waals surface area contributed by atoms with Crippen molar-refractivity contribution in [2.45, 2.75) is 96.9 Å².